The number of unbranched alkanes of at least 4 members (excludes halogenated alkanes) is 13. The van der Waals surface area contributed by atoms with Crippen LogP contribution in [0, 0.1) is 0 Å². The van der Waals surface area contributed by atoms with Gasteiger partial charge in [0.25, 0.3) is 0 Å². The predicted molar refractivity (Wildman–Crippen MR) is 110 cm³/mol. The van der Waals surface area contributed by atoms with Crippen LogP contribution < -0.4 is 0 Å². The van der Waals surface area contributed by atoms with Gasteiger partial charge in [-0.1, -0.05) is 90.4 Å². The van der Waals surface area contributed by atoms with Crippen LogP contribution in [0.1, 0.15) is 110 Å². The lowest BCUT2D eigenvalue weighted by Crippen LogP contribution is -2.38. The summed E-state index contributed by atoms with van der Waals surface area (Å²) >= 11 is 0. The van der Waals surface area contributed by atoms with Crippen molar-refractivity contribution in [3.63, 3.8) is 0 Å². The van der Waals surface area contributed by atoms with Gasteiger partial charge >= 0.3 is 19.8 Å². The van der Waals surface area contributed by atoms with E-state index in [2.05, 4.69) is 16.0 Å². The molecular formula is C20H39O8P. The Morgan fingerprint density at radius 3 is 1.55 bits per heavy atom. The van der Waals surface area contributed by atoms with Gasteiger partial charge in [-0.25, -0.2) is 9.09 Å². The van der Waals surface area contributed by atoms with Gasteiger partial charge in [0.2, 0.25) is 5.78 Å². The second-order valence-corrected chi connectivity index (χ2v) is 8.84. The molecular weight excluding hydrogens is 399 g/mol. The van der Waals surface area contributed by atoms with Gasteiger partial charge in [0.05, 0.1) is 0 Å². The van der Waals surface area contributed by atoms with E-state index in [1.54, 1.807) is 0 Å². The number of phosphoric ester groups is 1. The standard InChI is InChI=1S/C20H39O8P/c1-3-4-5-6-7-8-9-10-11-12-13-14-15-16-17-19(22)27-29(25,26)28-20(23,24)18(2)21/h23-24H,3-17H2,1-2H3,(H,25,26). The van der Waals surface area contributed by atoms with Crippen LogP contribution in [-0.4, -0.2) is 32.8 Å². The molecule has 8 nitrogen and oxygen atoms in total. The van der Waals surface area contributed by atoms with E-state index in [9.17, 15) is 19.0 Å². The molecule has 0 aromatic rings. The van der Waals surface area contributed by atoms with E-state index in [0.29, 0.717) is 6.42 Å². The second kappa shape index (κ2) is 16.0. The summed E-state index contributed by atoms with van der Waals surface area (Å²) in [4.78, 5) is 31.7. The van der Waals surface area contributed by atoms with Crippen LogP contribution in [0.15, 0.2) is 0 Å². The number of phosphoric acid groups is 1. The first kappa shape index (κ1) is 28.2. The molecule has 29 heavy (non-hydrogen) atoms. The molecule has 0 heterocycles. The lowest BCUT2D eigenvalue weighted by molar-refractivity contribution is -0.275. The molecule has 1 atom stereocenters. The molecule has 172 valence electrons. The van der Waals surface area contributed by atoms with Gasteiger partial charge in [0.1, 0.15) is 0 Å². The average molecular weight is 438 g/mol. The van der Waals surface area contributed by atoms with Crippen molar-refractivity contribution in [1.29, 1.82) is 0 Å². The molecule has 3 N–H and O–H groups in total. The molecule has 0 spiro atoms. The van der Waals surface area contributed by atoms with E-state index in [1.807, 2.05) is 0 Å². The molecule has 0 amide bonds. The Balaban J connectivity index is 3.60. The van der Waals surface area contributed by atoms with E-state index < -0.39 is 25.5 Å². The van der Waals surface area contributed by atoms with Crippen molar-refractivity contribution in [3.8, 4) is 0 Å². The Labute approximate surface area is 174 Å². The highest BCUT2D eigenvalue weighted by atomic mass is 31.2. The van der Waals surface area contributed by atoms with Crippen LogP contribution in [0.2, 0.25) is 0 Å². The molecule has 0 aromatic carbocycles. The molecule has 0 saturated heterocycles. The highest BCUT2D eigenvalue weighted by molar-refractivity contribution is 7.48. The van der Waals surface area contributed by atoms with Crippen LogP contribution in [-0.2, 0) is 23.2 Å². The van der Waals surface area contributed by atoms with Gasteiger partial charge in [-0.2, -0.15) is 0 Å². The van der Waals surface area contributed by atoms with Crippen molar-refractivity contribution in [2.24, 2.45) is 0 Å². The van der Waals surface area contributed by atoms with Crippen LogP contribution >= 0.6 is 7.82 Å². The Morgan fingerprint density at radius 2 is 1.17 bits per heavy atom. The zero-order chi connectivity index (χ0) is 22.2. The summed E-state index contributed by atoms with van der Waals surface area (Å²) in [5.74, 6) is -5.77. The Bertz CT molecular complexity index is 507. The normalized spacial score (nSPS) is 13.8. The number of aliphatic hydroxyl groups is 2. The zero-order valence-corrected chi connectivity index (χ0v) is 18.8. The molecule has 9 heteroatoms. The molecule has 1 unspecified atom stereocenters. The maximum atomic E-state index is 11.6. The summed E-state index contributed by atoms with van der Waals surface area (Å²) in [5.41, 5.74) is 0. The maximum absolute atomic E-state index is 11.6. The number of carbonyl (C=O) groups excluding carboxylic acids is 2. The van der Waals surface area contributed by atoms with Crippen molar-refractivity contribution in [1.82, 2.24) is 0 Å². The molecule has 0 aliphatic heterocycles. The van der Waals surface area contributed by atoms with Crippen molar-refractivity contribution in [2.75, 3.05) is 0 Å². The minimum atomic E-state index is -5.08. The Kier molecular flexibility index (Phi) is 15.5. The molecule has 0 aromatic heterocycles. The van der Waals surface area contributed by atoms with Gasteiger partial charge in [-0.05, 0) is 6.42 Å². The third-order valence-corrected chi connectivity index (χ3v) is 5.57. The fourth-order valence-electron chi connectivity index (χ4n) is 2.88. The van der Waals surface area contributed by atoms with Crippen molar-refractivity contribution < 1.29 is 38.3 Å². The lowest BCUT2D eigenvalue weighted by Gasteiger charge is -2.20. The monoisotopic (exact) mass is 438 g/mol. The first-order valence-electron chi connectivity index (χ1n) is 10.8. The van der Waals surface area contributed by atoms with Crippen molar-refractivity contribution in [3.05, 3.63) is 0 Å². The topological polar surface area (TPSA) is 130 Å². The third-order valence-electron chi connectivity index (χ3n) is 4.65. The van der Waals surface area contributed by atoms with Crippen LogP contribution in [0.25, 0.3) is 0 Å². The number of Topliss-reactive ketones (excluding diaryl/α,β-unsaturated/α-hetero) is 1. The summed E-state index contributed by atoms with van der Waals surface area (Å²) in [5, 5.41) is 18.2. The number of carbonyl (C=O) groups is 2. The maximum Gasteiger partial charge on any atom is 0.534 e. The first-order chi connectivity index (χ1) is 13.6. The number of hydrogen-bond acceptors (Lipinski definition) is 7. The van der Waals surface area contributed by atoms with Gasteiger partial charge in [-0.15, -0.1) is 0 Å². The SMILES string of the molecule is CCCCCCCCCCCCCCCCC(=O)OP(=O)(O)OC(O)(O)C(C)=O. The van der Waals surface area contributed by atoms with Gasteiger partial charge < -0.3 is 14.7 Å². The molecule has 0 rings (SSSR count). The summed E-state index contributed by atoms with van der Waals surface area (Å²) in [6.45, 7) is 2.97. The lowest BCUT2D eigenvalue weighted by atomic mass is 10.0. The van der Waals surface area contributed by atoms with E-state index in [4.69, 9.17) is 10.2 Å². The Hall–Kier alpha value is -0.790. The van der Waals surface area contributed by atoms with Crippen LogP contribution in [0.3, 0.4) is 0 Å². The molecule has 0 fully saturated rings. The third kappa shape index (κ3) is 16.7. The zero-order valence-electron chi connectivity index (χ0n) is 17.9. The van der Waals surface area contributed by atoms with E-state index in [1.165, 1.54) is 64.2 Å². The van der Waals surface area contributed by atoms with Crippen molar-refractivity contribution in [2.45, 2.75) is 116 Å². The molecule has 0 bridgehead atoms. The van der Waals surface area contributed by atoms with Crippen LogP contribution in [0.4, 0.5) is 0 Å². The summed E-state index contributed by atoms with van der Waals surface area (Å²) < 4.78 is 19.6. The minimum Gasteiger partial charge on any atom is -0.370 e. The van der Waals surface area contributed by atoms with E-state index >= 15 is 0 Å². The fraction of sp³-hybridized carbons (Fsp3) is 0.900. The highest BCUT2D eigenvalue weighted by Crippen LogP contribution is 2.46. The Morgan fingerprint density at radius 1 is 0.793 bits per heavy atom. The largest absolute Gasteiger partial charge is 0.534 e. The molecule has 0 radical (unpaired) electrons. The minimum absolute atomic E-state index is 0.0874. The van der Waals surface area contributed by atoms with E-state index in [-0.39, 0.29) is 6.42 Å². The highest BCUT2D eigenvalue weighted by Gasteiger charge is 2.42. The number of ketones is 1. The smallest absolute Gasteiger partial charge is 0.370 e. The molecule has 0 aliphatic carbocycles. The fourth-order valence-corrected chi connectivity index (χ4v) is 3.72. The van der Waals surface area contributed by atoms with Crippen molar-refractivity contribution >= 4 is 19.6 Å². The van der Waals surface area contributed by atoms with Gasteiger partial charge in [-0.3, -0.25) is 14.5 Å². The quantitative estimate of drug-likeness (QED) is 0.150. The average Bonchev–Trinajstić information content (AvgIpc) is 2.60. The van der Waals surface area contributed by atoms with Gasteiger partial charge in [0.15, 0.2) is 0 Å². The summed E-state index contributed by atoms with van der Waals surface area (Å²) in [6, 6.07) is 0. The van der Waals surface area contributed by atoms with Crippen LogP contribution in [0.5, 0.6) is 0 Å². The molecule has 0 aliphatic rings. The second-order valence-electron chi connectivity index (χ2n) is 7.53. The van der Waals surface area contributed by atoms with Gasteiger partial charge in [0, 0.05) is 13.3 Å². The summed E-state index contributed by atoms with van der Waals surface area (Å²) in [6.07, 6.45) is 16.2. The number of hydrogen-bond donors (Lipinski definition) is 3. The van der Waals surface area contributed by atoms with E-state index in [0.717, 1.165) is 26.2 Å². The number of rotatable bonds is 19. The molecule has 0 saturated carbocycles. The summed E-state index contributed by atoms with van der Waals surface area (Å²) in [7, 11) is -5.08. The predicted octanol–water partition coefficient (Wildman–Crippen LogP) is 4.75. The first-order valence-corrected chi connectivity index (χ1v) is 12.3.